The number of benzene rings is 1. The third-order valence-electron chi connectivity index (χ3n) is 10.7. The molecule has 24 nitrogen and oxygen atoms in total. The maximum absolute atomic E-state index is 14.3. The first-order valence-corrected chi connectivity index (χ1v) is 19.6. The van der Waals surface area contributed by atoms with Crippen molar-refractivity contribution in [3.05, 3.63) is 29.8 Å². The van der Waals surface area contributed by atoms with Crippen LogP contribution in [0.3, 0.4) is 0 Å². The van der Waals surface area contributed by atoms with Gasteiger partial charge in [0.05, 0.1) is 36.6 Å². The van der Waals surface area contributed by atoms with Crippen molar-refractivity contribution < 1.29 is 69.6 Å². The molecule has 3 aliphatic rings. The van der Waals surface area contributed by atoms with E-state index in [0.717, 1.165) is 16.7 Å². The minimum absolute atomic E-state index is 0.00135. The number of rotatable bonds is 10. The monoisotopic (exact) mass is 854 g/mol. The number of phenolic OH excluding ortho intramolecular Hbond substituents is 1. The number of carbonyl (C=O) groups is 6. The van der Waals surface area contributed by atoms with Gasteiger partial charge in [0.15, 0.2) is 0 Å². The Labute approximate surface area is 344 Å². The number of hydrogen-bond acceptors (Lipinski definition) is 18. The lowest BCUT2D eigenvalue weighted by Crippen LogP contribution is -2.65. The van der Waals surface area contributed by atoms with Crippen LogP contribution < -0.4 is 43.8 Å². The fourth-order valence-electron chi connectivity index (χ4n) is 7.43. The second kappa shape index (κ2) is 21.3. The molecular weight excluding hydrogens is 796 g/mol. The van der Waals surface area contributed by atoms with Gasteiger partial charge in [-0.3, -0.25) is 34.1 Å². The first kappa shape index (κ1) is 48.1. The van der Waals surface area contributed by atoms with Crippen molar-refractivity contribution in [1.29, 1.82) is 0 Å². The van der Waals surface area contributed by atoms with Crippen LogP contribution in [0.15, 0.2) is 24.3 Å². The summed E-state index contributed by atoms with van der Waals surface area (Å²) in [6, 6.07) is -6.10. The number of aliphatic hydroxyl groups is 7. The summed E-state index contributed by atoms with van der Waals surface area (Å²) in [6.45, 7) is 0.147. The fourth-order valence-corrected chi connectivity index (χ4v) is 7.43. The molecule has 336 valence electrons. The van der Waals surface area contributed by atoms with Crippen molar-refractivity contribution in [2.75, 3.05) is 32.7 Å². The number of aromatic hydroxyl groups is 1. The second-order valence-corrected chi connectivity index (χ2v) is 15.2. The van der Waals surface area contributed by atoms with Gasteiger partial charge in [0.2, 0.25) is 35.4 Å². The summed E-state index contributed by atoms with van der Waals surface area (Å²) in [6.07, 6.45) is -15.0. The van der Waals surface area contributed by atoms with E-state index in [2.05, 4.69) is 26.6 Å². The van der Waals surface area contributed by atoms with Gasteiger partial charge < -0.3 is 89.1 Å². The number of nitrogens with one attached hydrogen (secondary N) is 5. The number of aliphatic hydroxyl groups excluding tert-OH is 7. The largest absolute Gasteiger partial charge is 0.508 e. The molecule has 0 aliphatic carbocycles. The normalized spacial score (nSPS) is 32.4. The Balaban J connectivity index is 1.84. The number of carbonyl (C=O) groups excluding carboxylic acids is 6. The molecule has 6 amide bonds. The van der Waals surface area contributed by atoms with Crippen molar-refractivity contribution in [1.82, 2.24) is 36.4 Å². The Morgan fingerprint density at radius 3 is 2.00 bits per heavy atom. The summed E-state index contributed by atoms with van der Waals surface area (Å²) >= 11 is 0. The molecule has 0 spiro atoms. The molecule has 3 aliphatic heterocycles. The Bertz CT molecular complexity index is 1680. The van der Waals surface area contributed by atoms with Crippen LogP contribution in [-0.2, 0) is 28.8 Å². The van der Waals surface area contributed by atoms with Crippen molar-refractivity contribution in [2.45, 2.75) is 118 Å². The van der Waals surface area contributed by atoms with E-state index in [4.69, 9.17) is 17.2 Å². The van der Waals surface area contributed by atoms with Gasteiger partial charge in [-0.25, -0.2) is 0 Å². The van der Waals surface area contributed by atoms with E-state index in [1.165, 1.54) is 24.3 Å². The minimum Gasteiger partial charge on any atom is -0.508 e. The van der Waals surface area contributed by atoms with E-state index >= 15 is 0 Å². The SMILES string of the molecule is CC(O)C1NC(=O)C(N)CC(O)C(NCCN)NC(=O)C2C(O)CCN2C(=O)C(C(O)CCN)NC(=O)C(C(O)C(O)c2ccc(O)cc2)NC(=O)C2CC(O)CN2C1=O. The summed E-state index contributed by atoms with van der Waals surface area (Å²) in [5, 5.41) is 99.2. The zero-order valence-corrected chi connectivity index (χ0v) is 32.9. The van der Waals surface area contributed by atoms with Gasteiger partial charge in [-0.15, -0.1) is 0 Å². The smallest absolute Gasteiger partial charge is 0.248 e. The van der Waals surface area contributed by atoms with E-state index < -0.39 is 140 Å². The maximum atomic E-state index is 14.3. The molecule has 0 aromatic heterocycles. The van der Waals surface area contributed by atoms with Gasteiger partial charge in [-0.1, -0.05) is 12.1 Å². The molecule has 0 bridgehead atoms. The molecular formula is C36H58N10O14. The van der Waals surface area contributed by atoms with Crippen LogP contribution in [-0.4, -0.2) is 198 Å². The highest BCUT2D eigenvalue weighted by atomic mass is 16.3. The van der Waals surface area contributed by atoms with E-state index in [0.29, 0.717) is 0 Å². The van der Waals surface area contributed by atoms with Gasteiger partial charge in [-0.05, 0) is 44.0 Å². The molecule has 60 heavy (non-hydrogen) atoms. The highest BCUT2D eigenvalue weighted by Crippen LogP contribution is 2.26. The Hall–Kier alpha value is -4.60. The zero-order valence-electron chi connectivity index (χ0n) is 32.9. The Morgan fingerprint density at radius 1 is 0.767 bits per heavy atom. The predicted octanol–water partition coefficient (Wildman–Crippen LogP) is -8.66. The molecule has 24 heteroatoms. The minimum atomic E-state index is -2.25. The summed E-state index contributed by atoms with van der Waals surface area (Å²) in [4.78, 5) is 85.4. The highest BCUT2D eigenvalue weighted by molar-refractivity contribution is 5.98. The topological polar surface area (TPSA) is 409 Å². The van der Waals surface area contributed by atoms with Crippen LogP contribution in [0.25, 0.3) is 0 Å². The fraction of sp³-hybridized carbons (Fsp3) is 0.667. The van der Waals surface area contributed by atoms with Crippen LogP contribution >= 0.6 is 0 Å². The Kier molecular flexibility index (Phi) is 17.0. The van der Waals surface area contributed by atoms with Crippen LogP contribution in [0.4, 0.5) is 0 Å². The molecule has 0 radical (unpaired) electrons. The standard InChI is InChI=1S/C36H58N10O14/c1-15(47)24-35(59)46-14-18(49)12-20(46)32(56)43-26(29(54)28(53)16-2-4-17(48)5-3-16)33(57)42-25(21(50)6-8-37)36(60)45-11-7-22(51)27(45)34(58)44-30(40-10-9-38)23(52)13-19(39)31(55)41-24/h2-5,15,18-30,40,47-54H,6-14,37-39H2,1H3,(H,41,55)(H,42,57)(H,43,56)(H,44,58). The first-order valence-electron chi connectivity index (χ1n) is 19.6. The molecule has 3 fully saturated rings. The Morgan fingerprint density at radius 2 is 1.38 bits per heavy atom. The highest BCUT2D eigenvalue weighted by Gasteiger charge is 2.48. The third-order valence-corrected chi connectivity index (χ3v) is 10.7. The molecule has 3 saturated heterocycles. The molecule has 3 heterocycles. The third kappa shape index (κ3) is 11.4. The first-order chi connectivity index (χ1) is 28.3. The molecule has 14 atom stereocenters. The zero-order chi connectivity index (χ0) is 44.6. The number of fused-ring (bicyclic) bond motifs is 2. The van der Waals surface area contributed by atoms with Crippen molar-refractivity contribution in [3.63, 3.8) is 0 Å². The van der Waals surface area contributed by atoms with Crippen molar-refractivity contribution in [2.24, 2.45) is 17.2 Å². The number of nitrogens with two attached hydrogens (primary N) is 3. The lowest BCUT2D eigenvalue weighted by atomic mass is 9.96. The van der Waals surface area contributed by atoms with Gasteiger partial charge in [-0.2, -0.15) is 0 Å². The van der Waals surface area contributed by atoms with Crippen LogP contribution in [0.2, 0.25) is 0 Å². The number of hydrogen-bond donors (Lipinski definition) is 16. The van der Waals surface area contributed by atoms with Gasteiger partial charge in [0.1, 0.15) is 54.3 Å². The van der Waals surface area contributed by atoms with Crippen molar-refractivity contribution >= 4 is 35.4 Å². The molecule has 14 unspecified atom stereocenters. The molecule has 4 rings (SSSR count). The average molecular weight is 855 g/mol. The van der Waals surface area contributed by atoms with Gasteiger partial charge in [0, 0.05) is 39.0 Å². The van der Waals surface area contributed by atoms with Crippen LogP contribution in [0.1, 0.15) is 44.3 Å². The molecule has 1 aromatic carbocycles. The van der Waals surface area contributed by atoms with E-state index in [-0.39, 0.29) is 50.3 Å². The molecule has 1 aromatic rings. The number of amides is 6. The van der Waals surface area contributed by atoms with E-state index in [1.807, 2.05) is 0 Å². The molecule has 19 N–H and O–H groups in total. The quantitative estimate of drug-likeness (QED) is 0.104. The van der Waals surface area contributed by atoms with E-state index in [1.54, 1.807) is 0 Å². The van der Waals surface area contributed by atoms with Crippen molar-refractivity contribution in [3.8, 4) is 5.75 Å². The van der Waals surface area contributed by atoms with Crippen LogP contribution in [0, 0.1) is 0 Å². The lowest BCUT2D eigenvalue weighted by Gasteiger charge is -2.35. The lowest BCUT2D eigenvalue weighted by molar-refractivity contribution is -0.148. The predicted molar refractivity (Wildman–Crippen MR) is 206 cm³/mol. The average Bonchev–Trinajstić information content (AvgIpc) is 3.80. The summed E-state index contributed by atoms with van der Waals surface area (Å²) < 4.78 is 0. The number of phenols is 1. The maximum Gasteiger partial charge on any atom is 0.248 e. The van der Waals surface area contributed by atoms with Gasteiger partial charge in [0.25, 0.3) is 0 Å². The van der Waals surface area contributed by atoms with Crippen LogP contribution in [0.5, 0.6) is 5.75 Å². The second-order valence-electron chi connectivity index (χ2n) is 15.2. The summed E-state index contributed by atoms with van der Waals surface area (Å²) in [5.41, 5.74) is 17.4. The number of nitrogens with zero attached hydrogens (tertiary/aromatic N) is 2. The van der Waals surface area contributed by atoms with Gasteiger partial charge >= 0.3 is 0 Å². The summed E-state index contributed by atoms with van der Waals surface area (Å²) in [5.74, 6) is -7.04. The summed E-state index contributed by atoms with van der Waals surface area (Å²) in [7, 11) is 0. The van der Waals surface area contributed by atoms with E-state index in [9.17, 15) is 69.6 Å². The molecule has 0 saturated carbocycles.